The van der Waals surface area contributed by atoms with Gasteiger partial charge in [0.1, 0.15) is 0 Å². The molecular weight excluding hydrogens is 689 g/mol. The Labute approximate surface area is 249 Å². The fraction of sp³-hybridized carbons (Fsp3) is 0.176. The van der Waals surface area contributed by atoms with Crippen molar-refractivity contribution >= 4 is 44.8 Å². The van der Waals surface area contributed by atoms with Crippen LogP contribution in [0.2, 0.25) is 19.6 Å². The van der Waals surface area contributed by atoms with Crippen LogP contribution in [0.5, 0.6) is 0 Å². The maximum atomic E-state index is 4.51. The Morgan fingerprint density at radius 3 is 2.31 bits per heavy atom. The Morgan fingerprint density at radius 2 is 1.59 bits per heavy atom. The predicted molar refractivity (Wildman–Crippen MR) is 165 cm³/mol. The first-order valence-corrected chi connectivity index (χ1v) is 17.5. The zero-order valence-electron chi connectivity index (χ0n) is 22.4. The maximum Gasteiger partial charge on any atom is 0.0776 e. The molecule has 1 radical (unpaired) electrons. The summed E-state index contributed by atoms with van der Waals surface area (Å²) in [6.45, 7) is 7.19. The molecule has 2 nitrogen and oxygen atoms in total. The van der Waals surface area contributed by atoms with Gasteiger partial charge in [-0.25, -0.2) is 0 Å². The molecule has 0 unspecified atom stereocenters. The second-order valence-electron chi connectivity index (χ2n) is 10.9. The monoisotopic (exact) mass is 719 g/mol. The quantitative estimate of drug-likeness (QED) is 0.135. The van der Waals surface area contributed by atoms with Crippen molar-refractivity contribution in [2.75, 3.05) is 0 Å². The summed E-state index contributed by atoms with van der Waals surface area (Å²) in [6.07, 6.45) is 6.42. The molecule has 1 saturated carbocycles. The maximum absolute atomic E-state index is 4.51. The van der Waals surface area contributed by atoms with Crippen molar-refractivity contribution in [1.29, 1.82) is 0 Å². The molecule has 7 rings (SSSR count). The van der Waals surface area contributed by atoms with Crippen molar-refractivity contribution in [3.63, 3.8) is 0 Å². The molecule has 3 heterocycles. The van der Waals surface area contributed by atoms with Gasteiger partial charge in [0, 0.05) is 37.2 Å². The van der Waals surface area contributed by atoms with Gasteiger partial charge in [-0.15, -0.1) is 59.7 Å². The minimum atomic E-state index is -1.29. The van der Waals surface area contributed by atoms with Gasteiger partial charge in [-0.2, -0.15) is 11.3 Å². The number of nitrogens with zero attached hydrogens (tertiary/aromatic N) is 2. The van der Waals surface area contributed by atoms with E-state index in [4.69, 9.17) is 0 Å². The first-order chi connectivity index (χ1) is 18.5. The summed E-state index contributed by atoms with van der Waals surface area (Å²) in [5, 5.41) is 4.17. The van der Waals surface area contributed by atoms with E-state index in [9.17, 15) is 0 Å². The van der Waals surface area contributed by atoms with E-state index >= 15 is 0 Å². The van der Waals surface area contributed by atoms with Crippen molar-refractivity contribution in [3.05, 3.63) is 115 Å². The van der Waals surface area contributed by atoms with Crippen LogP contribution < -0.4 is 5.19 Å². The number of hydrogen-bond acceptors (Lipinski definition) is 3. The van der Waals surface area contributed by atoms with Crippen LogP contribution in [0.3, 0.4) is 0 Å². The zero-order valence-corrected chi connectivity index (χ0v) is 26.6. The molecule has 39 heavy (non-hydrogen) atoms. The van der Waals surface area contributed by atoms with Crippen LogP contribution in [0.25, 0.3) is 42.7 Å². The van der Waals surface area contributed by atoms with E-state index in [1.807, 2.05) is 60.1 Å². The SMILES string of the molecule is C[Si](C)(C)c1ccc2c(c1)sc1c(-c3ccccn3)[c-]ccc12.[Ir].[c-]1ccccc1-c1cc(C2CC2)ccn1. The molecule has 6 aromatic rings. The van der Waals surface area contributed by atoms with E-state index in [1.54, 1.807) is 0 Å². The smallest absolute Gasteiger partial charge is 0.0776 e. The average molecular weight is 719 g/mol. The third-order valence-corrected chi connectivity index (χ3v) is 10.3. The van der Waals surface area contributed by atoms with Crippen LogP contribution in [0.4, 0.5) is 0 Å². The predicted octanol–water partition coefficient (Wildman–Crippen LogP) is 8.89. The van der Waals surface area contributed by atoms with E-state index in [0.29, 0.717) is 0 Å². The fourth-order valence-corrected chi connectivity index (χ4v) is 7.24. The van der Waals surface area contributed by atoms with Gasteiger partial charge in [0.15, 0.2) is 0 Å². The number of rotatable bonds is 4. The van der Waals surface area contributed by atoms with E-state index in [0.717, 1.165) is 28.4 Å². The van der Waals surface area contributed by atoms with Gasteiger partial charge >= 0.3 is 0 Å². The molecule has 0 amide bonds. The van der Waals surface area contributed by atoms with Crippen molar-refractivity contribution in [2.24, 2.45) is 0 Å². The van der Waals surface area contributed by atoms with Crippen molar-refractivity contribution in [2.45, 2.75) is 38.4 Å². The van der Waals surface area contributed by atoms with Crippen LogP contribution in [0, 0.1) is 12.1 Å². The van der Waals surface area contributed by atoms with E-state index in [-0.39, 0.29) is 20.1 Å². The summed E-state index contributed by atoms with van der Waals surface area (Å²) in [5.74, 6) is 0.787. The number of fused-ring (bicyclic) bond motifs is 3. The molecule has 0 N–H and O–H groups in total. The van der Waals surface area contributed by atoms with Crippen LogP contribution in [0.1, 0.15) is 24.3 Å². The van der Waals surface area contributed by atoms with Crippen LogP contribution in [-0.4, -0.2) is 18.0 Å². The van der Waals surface area contributed by atoms with Gasteiger partial charge in [-0.05, 0) is 58.4 Å². The summed E-state index contributed by atoms with van der Waals surface area (Å²) in [5.41, 5.74) is 5.66. The minimum Gasteiger partial charge on any atom is -0.305 e. The molecule has 0 atom stereocenters. The third kappa shape index (κ3) is 6.13. The van der Waals surface area contributed by atoms with Gasteiger partial charge < -0.3 is 9.97 Å². The van der Waals surface area contributed by atoms with Gasteiger partial charge in [0.05, 0.1) is 8.07 Å². The van der Waals surface area contributed by atoms with Crippen LogP contribution in [0.15, 0.2) is 97.3 Å². The number of thiophene rings is 1. The topological polar surface area (TPSA) is 25.8 Å². The van der Waals surface area contributed by atoms with Crippen molar-refractivity contribution in [1.82, 2.24) is 9.97 Å². The Hall–Kier alpha value is -2.95. The van der Waals surface area contributed by atoms with Gasteiger partial charge in [0.2, 0.25) is 0 Å². The number of aromatic nitrogens is 2. The molecule has 1 fully saturated rings. The zero-order chi connectivity index (χ0) is 26.1. The fourth-order valence-electron chi connectivity index (χ4n) is 4.73. The third-order valence-electron chi connectivity index (χ3n) is 7.04. The van der Waals surface area contributed by atoms with E-state index in [2.05, 4.69) is 90.3 Å². The molecule has 1 aliphatic rings. The summed E-state index contributed by atoms with van der Waals surface area (Å²) in [7, 11) is -1.29. The molecule has 3 aromatic carbocycles. The number of benzene rings is 3. The Balaban J connectivity index is 0.000000167. The second-order valence-corrected chi connectivity index (χ2v) is 17.0. The average Bonchev–Trinajstić information content (AvgIpc) is 3.74. The molecule has 0 spiro atoms. The normalized spacial score (nSPS) is 13.0. The number of pyridine rings is 2. The summed E-state index contributed by atoms with van der Waals surface area (Å²) in [6, 6.07) is 36.2. The summed E-state index contributed by atoms with van der Waals surface area (Å²) < 4.78 is 2.66. The molecule has 0 bridgehead atoms. The Morgan fingerprint density at radius 1 is 0.769 bits per heavy atom. The van der Waals surface area contributed by atoms with Gasteiger partial charge in [-0.1, -0.05) is 66.1 Å². The van der Waals surface area contributed by atoms with Crippen molar-refractivity contribution in [3.8, 4) is 22.5 Å². The molecule has 0 aliphatic heterocycles. The molecular formula is C34H30IrN2SSi-2. The Bertz CT molecular complexity index is 1700. The summed E-state index contributed by atoms with van der Waals surface area (Å²) >= 11 is 1.86. The molecule has 0 saturated heterocycles. The van der Waals surface area contributed by atoms with Crippen LogP contribution >= 0.6 is 11.3 Å². The first-order valence-electron chi connectivity index (χ1n) is 13.2. The van der Waals surface area contributed by atoms with Crippen molar-refractivity contribution < 1.29 is 20.1 Å². The molecule has 1 aliphatic carbocycles. The largest absolute Gasteiger partial charge is 0.305 e. The molecule has 3 aromatic heterocycles. The molecule has 5 heteroatoms. The van der Waals surface area contributed by atoms with E-state index in [1.165, 1.54) is 43.8 Å². The standard InChI is InChI=1S/C20H18NSSi.C14H12N.Ir/c1-23(2,3)14-10-11-15-16-7-6-8-17(18-9-4-5-12-21-18)20(16)22-19(15)13-14;1-2-4-12(5-3-1)14-10-13(8-9-15-14)11-6-7-11;/h4-7,9-13H,1-3H3;1-4,8-11H,6-7H2;/q2*-1;. The second kappa shape index (κ2) is 11.7. The number of hydrogen-bond donors (Lipinski definition) is 0. The molecule has 197 valence electrons. The first kappa shape index (κ1) is 27.6. The minimum absolute atomic E-state index is 0. The summed E-state index contributed by atoms with van der Waals surface area (Å²) in [4.78, 5) is 8.90. The van der Waals surface area contributed by atoms with Gasteiger partial charge in [-0.3, -0.25) is 0 Å². The van der Waals surface area contributed by atoms with Crippen LogP contribution in [-0.2, 0) is 20.1 Å². The van der Waals surface area contributed by atoms with Gasteiger partial charge in [0.25, 0.3) is 0 Å². The Kier molecular flexibility index (Phi) is 8.25. The van der Waals surface area contributed by atoms with E-state index < -0.39 is 8.07 Å².